The summed E-state index contributed by atoms with van der Waals surface area (Å²) in [5, 5.41) is 17.9. The number of rotatable bonds is 10. The fourth-order valence-electron chi connectivity index (χ4n) is 1.93. The maximum absolute atomic E-state index is 12.0. The SMILES string of the molecule is N[C@@H](CC(Cc1ccc(OCCC[18F])cc1)C(=O)O)C(=O)O. The predicted octanol–water partition coefficient (Wildman–Crippen LogP) is 1.47. The number of alkyl halides is 1. The van der Waals surface area contributed by atoms with Crippen LogP contribution in [-0.2, 0) is 16.0 Å². The van der Waals surface area contributed by atoms with Gasteiger partial charge in [-0.25, -0.2) is 0 Å². The van der Waals surface area contributed by atoms with Crippen LogP contribution in [0.25, 0.3) is 0 Å². The number of carboxylic acids is 2. The number of carboxylic acid groups (broad SMARTS) is 2. The van der Waals surface area contributed by atoms with Crippen molar-refractivity contribution in [3.63, 3.8) is 0 Å². The Hall–Kier alpha value is -2.15. The average Bonchev–Trinajstić information content (AvgIpc) is 2.48. The van der Waals surface area contributed by atoms with Gasteiger partial charge in [0.1, 0.15) is 11.8 Å². The molecule has 0 saturated carbocycles. The molecule has 22 heavy (non-hydrogen) atoms. The molecule has 1 unspecified atom stereocenters. The Kier molecular flexibility index (Phi) is 7.31. The van der Waals surface area contributed by atoms with E-state index in [1.54, 1.807) is 24.3 Å². The molecule has 1 rings (SSSR count). The van der Waals surface area contributed by atoms with Crippen molar-refractivity contribution < 1.29 is 28.9 Å². The Labute approximate surface area is 127 Å². The third-order valence-electron chi connectivity index (χ3n) is 3.16. The van der Waals surface area contributed by atoms with E-state index in [0.29, 0.717) is 12.2 Å². The van der Waals surface area contributed by atoms with Crippen LogP contribution in [0.3, 0.4) is 0 Å². The molecule has 0 heterocycles. The van der Waals surface area contributed by atoms with Crippen LogP contribution in [0.1, 0.15) is 18.4 Å². The summed E-state index contributed by atoms with van der Waals surface area (Å²) in [6.07, 6.45) is 0.358. The second kappa shape index (κ2) is 8.99. The van der Waals surface area contributed by atoms with Gasteiger partial charge in [-0.1, -0.05) is 12.1 Å². The molecule has 2 atom stereocenters. The lowest BCUT2D eigenvalue weighted by Gasteiger charge is -2.15. The van der Waals surface area contributed by atoms with E-state index >= 15 is 0 Å². The molecule has 0 fully saturated rings. The number of aliphatic carboxylic acids is 2. The zero-order valence-corrected chi connectivity index (χ0v) is 12.1. The quantitative estimate of drug-likeness (QED) is 0.564. The molecule has 0 aliphatic carbocycles. The van der Waals surface area contributed by atoms with E-state index in [1.165, 1.54) is 0 Å². The number of halogens is 1. The van der Waals surface area contributed by atoms with E-state index in [4.69, 9.17) is 20.7 Å². The lowest BCUT2D eigenvalue weighted by molar-refractivity contribution is -0.143. The third-order valence-corrected chi connectivity index (χ3v) is 3.16. The van der Waals surface area contributed by atoms with Crippen molar-refractivity contribution in [1.82, 2.24) is 0 Å². The van der Waals surface area contributed by atoms with Crippen molar-refractivity contribution in [2.75, 3.05) is 13.3 Å². The summed E-state index contributed by atoms with van der Waals surface area (Å²) in [7, 11) is 0. The second-order valence-corrected chi connectivity index (χ2v) is 4.95. The highest BCUT2D eigenvalue weighted by atomic mass is 18.2. The van der Waals surface area contributed by atoms with Gasteiger partial charge in [0.2, 0.25) is 0 Å². The number of hydrogen-bond donors (Lipinski definition) is 3. The van der Waals surface area contributed by atoms with Crippen molar-refractivity contribution >= 4 is 11.9 Å². The smallest absolute Gasteiger partial charge is 0.320 e. The Morgan fingerprint density at radius 1 is 1.18 bits per heavy atom. The number of hydrogen-bond acceptors (Lipinski definition) is 4. The van der Waals surface area contributed by atoms with E-state index in [2.05, 4.69) is 0 Å². The maximum atomic E-state index is 12.0. The molecular formula is C15H20FNO5. The molecule has 1 aromatic rings. The van der Waals surface area contributed by atoms with Crippen LogP contribution in [0.4, 0.5) is 4.39 Å². The predicted molar refractivity (Wildman–Crippen MR) is 77.6 cm³/mol. The van der Waals surface area contributed by atoms with Gasteiger partial charge in [0.05, 0.1) is 19.2 Å². The molecule has 4 N–H and O–H groups in total. The van der Waals surface area contributed by atoms with E-state index < -0.39 is 30.6 Å². The maximum Gasteiger partial charge on any atom is 0.320 e. The number of nitrogens with two attached hydrogens (primary N) is 1. The van der Waals surface area contributed by atoms with Gasteiger partial charge in [-0.15, -0.1) is 0 Å². The Morgan fingerprint density at radius 3 is 2.32 bits per heavy atom. The van der Waals surface area contributed by atoms with E-state index in [9.17, 15) is 14.0 Å². The third kappa shape index (κ3) is 6.09. The molecule has 7 heteroatoms. The van der Waals surface area contributed by atoms with Crippen molar-refractivity contribution in [3.05, 3.63) is 29.8 Å². The Balaban J connectivity index is 2.62. The van der Waals surface area contributed by atoms with Gasteiger partial charge in [-0.05, 0) is 30.5 Å². The number of ether oxygens (including phenoxy) is 1. The van der Waals surface area contributed by atoms with Gasteiger partial charge >= 0.3 is 11.9 Å². The van der Waals surface area contributed by atoms with Crippen LogP contribution in [0, 0.1) is 5.92 Å². The van der Waals surface area contributed by atoms with Gasteiger partial charge in [-0.3, -0.25) is 14.0 Å². The molecule has 0 bridgehead atoms. The Bertz CT molecular complexity index is 491. The van der Waals surface area contributed by atoms with Crippen molar-refractivity contribution in [1.29, 1.82) is 0 Å². The zero-order valence-electron chi connectivity index (χ0n) is 12.1. The normalized spacial score (nSPS) is 13.4. The summed E-state index contributed by atoms with van der Waals surface area (Å²) in [4.78, 5) is 21.9. The summed E-state index contributed by atoms with van der Waals surface area (Å²) in [6.45, 7) is -0.163. The molecule has 0 aromatic heterocycles. The fourth-order valence-corrected chi connectivity index (χ4v) is 1.93. The van der Waals surface area contributed by atoms with Crippen LogP contribution >= 0.6 is 0 Å². The van der Waals surface area contributed by atoms with Crippen LogP contribution in [0.15, 0.2) is 24.3 Å². The minimum atomic E-state index is -1.22. The molecule has 0 amide bonds. The van der Waals surface area contributed by atoms with Crippen LogP contribution in [0.5, 0.6) is 5.75 Å². The molecule has 6 nitrogen and oxygen atoms in total. The fraction of sp³-hybridized carbons (Fsp3) is 0.467. The summed E-state index contributed by atoms with van der Waals surface area (Å²) in [5.41, 5.74) is 6.13. The first-order valence-corrected chi connectivity index (χ1v) is 6.93. The molecule has 0 spiro atoms. The lowest BCUT2D eigenvalue weighted by Crippen LogP contribution is -2.35. The highest BCUT2D eigenvalue weighted by Gasteiger charge is 2.24. The van der Waals surface area contributed by atoms with Gasteiger partial charge in [0, 0.05) is 6.42 Å². The van der Waals surface area contributed by atoms with E-state index in [-0.39, 0.29) is 19.4 Å². The lowest BCUT2D eigenvalue weighted by atomic mass is 9.93. The first-order valence-electron chi connectivity index (χ1n) is 6.93. The van der Waals surface area contributed by atoms with Gasteiger partial charge in [-0.2, -0.15) is 0 Å². The number of benzene rings is 1. The van der Waals surface area contributed by atoms with Crippen LogP contribution in [-0.4, -0.2) is 41.5 Å². The molecule has 0 saturated heterocycles. The summed E-state index contributed by atoms with van der Waals surface area (Å²) >= 11 is 0. The van der Waals surface area contributed by atoms with Crippen molar-refractivity contribution in [3.8, 4) is 5.75 Å². The average molecular weight is 312 g/mol. The zero-order chi connectivity index (χ0) is 16.5. The minimum Gasteiger partial charge on any atom is -0.494 e. The molecule has 1 aromatic carbocycles. The molecule has 0 aliphatic rings. The first-order chi connectivity index (χ1) is 10.4. The molecule has 0 aliphatic heterocycles. The molecular weight excluding hydrogens is 292 g/mol. The van der Waals surface area contributed by atoms with Gasteiger partial charge in [0.25, 0.3) is 0 Å². The summed E-state index contributed by atoms with van der Waals surface area (Å²) in [6, 6.07) is 5.54. The van der Waals surface area contributed by atoms with Gasteiger partial charge < -0.3 is 20.7 Å². The highest BCUT2D eigenvalue weighted by Crippen LogP contribution is 2.18. The summed E-state index contributed by atoms with van der Waals surface area (Å²) in [5.74, 6) is -2.60. The van der Waals surface area contributed by atoms with Crippen LogP contribution < -0.4 is 10.5 Å². The largest absolute Gasteiger partial charge is 0.494 e. The Morgan fingerprint density at radius 2 is 1.82 bits per heavy atom. The van der Waals surface area contributed by atoms with Crippen LogP contribution in [0.2, 0.25) is 0 Å². The topological polar surface area (TPSA) is 110 Å². The second-order valence-electron chi connectivity index (χ2n) is 4.95. The molecule has 122 valence electrons. The van der Waals surface area contributed by atoms with E-state index in [1.807, 2.05) is 0 Å². The summed E-state index contributed by atoms with van der Waals surface area (Å²) < 4.78 is 17.2. The van der Waals surface area contributed by atoms with Gasteiger partial charge in [0.15, 0.2) is 0 Å². The number of carbonyl (C=O) groups is 2. The van der Waals surface area contributed by atoms with Crippen molar-refractivity contribution in [2.45, 2.75) is 25.3 Å². The molecule has 0 radical (unpaired) electrons. The van der Waals surface area contributed by atoms with Crippen molar-refractivity contribution in [2.24, 2.45) is 11.7 Å². The first kappa shape index (κ1) is 17.9. The minimum absolute atomic E-state index is 0.139. The monoisotopic (exact) mass is 312 g/mol. The highest BCUT2D eigenvalue weighted by molar-refractivity contribution is 5.76. The standard InChI is InChI=1S/C15H20FNO5/c16-6-1-7-22-12-4-2-10(3-5-12)8-11(14(18)19)9-13(17)15(20)21/h2-5,11,13H,1,6-9,17H2,(H,18,19)(H,20,21)/t11?,13-/m0/s1/i16-1. The van der Waals surface area contributed by atoms with E-state index in [0.717, 1.165) is 5.56 Å².